The minimum atomic E-state index is -0.666. The SMILES string of the molecule is COC(=O)c1ccc(C2(N)CC2)cc1F. The van der Waals surface area contributed by atoms with Gasteiger partial charge in [-0.15, -0.1) is 0 Å². The van der Waals surface area contributed by atoms with E-state index in [0.717, 1.165) is 18.4 Å². The molecule has 1 aromatic rings. The smallest absolute Gasteiger partial charge is 0.340 e. The van der Waals surface area contributed by atoms with Gasteiger partial charge in [-0.3, -0.25) is 0 Å². The van der Waals surface area contributed by atoms with Gasteiger partial charge in [-0.05, 0) is 30.5 Å². The van der Waals surface area contributed by atoms with E-state index in [1.165, 1.54) is 19.2 Å². The Morgan fingerprint density at radius 3 is 2.67 bits per heavy atom. The minimum absolute atomic E-state index is 0.0505. The zero-order valence-corrected chi connectivity index (χ0v) is 8.42. The van der Waals surface area contributed by atoms with E-state index in [4.69, 9.17) is 5.73 Å². The number of esters is 1. The molecular formula is C11H12FNO2. The van der Waals surface area contributed by atoms with Crippen molar-refractivity contribution in [3.05, 3.63) is 35.1 Å². The summed E-state index contributed by atoms with van der Waals surface area (Å²) >= 11 is 0. The van der Waals surface area contributed by atoms with Gasteiger partial charge in [0.15, 0.2) is 0 Å². The van der Waals surface area contributed by atoms with E-state index in [0.29, 0.717) is 0 Å². The zero-order chi connectivity index (χ0) is 11.1. The number of methoxy groups -OCH3 is 1. The molecular weight excluding hydrogens is 197 g/mol. The summed E-state index contributed by atoms with van der Waals surface area (Å²) in [4.78, 5) is 11.1. The maximum Gasteiger partial charge on any atom is 0.340 e. The number of halogens is 1. The maximum atomic E-state index is 13.5. The standard InChI is InChI=1S/C11H12FNO2/c1-15-10(14)8-3-2-7(6-9(8)12)11(13)4-5-11/h2-3,6H,4-5,13H2,1H3. The molecule has 1 fully saturated rings. The molecule has 1 saturated carbocycles. The fraction of sp³-hybridized carbons (Fsp3) is 0.364. The lowest BCUT2D eigenvalue weighted by atomic mass is 10.0. The first-order valence-electron chi connectivity index (χ1n) is 4.74. The molecule has 0 amide bonds. The number of carbonyl (C=O) groups is 1. The first-order chi connectivity index (χ1) is 7.07. The third-order valence-electron chi connectivity index (χ3n) is 2.74. The molecule has 0 aromatic heterocycles. The van der Waals surface area contributed by atoms with E-state index in [1.54, 1.807) is 6.07 Å². The second kappa shape index (κ2) is 3.31. The van der Waals surface area contributed by atoms with Gasteiger partial charge in [-0.1, -0.05) is 6.07 Å². The first-order valence-corrected chi connectivity index (χ1v) is 4.74. The van der Waals surface area contributed by atoms with Crippen LogP contribution in [0.5, 0.6) is 0 Å². The highest BCUT2D eigenvalue weighted by atomic mass is 19.1. The van der Waals surface area contributed by atoms with Gasteiger partial charge >= 0.3 is 5.97 Å². The second-order valence-electron chi connectivity index (χ2n) is 3.84. The summed E-state index contributed by atoms with van der Waals surface area (Å²) in [6.07, 6.45) is 1.73. The van der Waals surface area contributed by atoms with Crippen LogP contribution in [0, 0.1) is 5.82 Å². The molecule has 1 aliphatic carbocycles. The summed E-state index contributed by atoms with van der Waals surface area (Å²) in [5, 5.41) is 0. The molecule has 0 unspecified atom stereocenters. The van der Waals surface area contributed by atoms with E-state index in [2.05, 4.69) is 4.74 Å². The molecule has 0 atom stereocenters. The molecule has 15 heavy (non-hydrogen) atoms. The van der Waals surface area contributed by atoms with Crippen LogP contribution < -0.4 is 5.73 Å². The maximum absolute atomic E-state index is 13.5. The molecule has 4 heteroatoms. The Morgan fingerprint density at radius 2 is 2.20 bits per heavy atom. The Bertz CT molecular complexity index is 413. The fourth-order valence-corrected chi connectivity index (χ4v) is 1.52. The molecule has 3 nitrogen and oxygen atoms in total. The van der Waals surface area contributed by atoms with Crippen LogP contribution in [-0.4, -0.2) is 13.1 Å². The number of rotatable bonds is 2. The van der Waals surface area contributed by atoms with Gasteiger partial charge in [0.1, 0.15) is 5.82 Å². The fourth-order valence-electron chi connectivity index (χ4n) is 1.52. The third kappa shape index (κ3) is 1.72. The summed E-state index contributed by atoms with van der Waals surface area (Å²) in [5.74, 6) is -1.24. The predicted octanol–water partition coefficient (Wildman–Crippen LogP) is 1.56. The van der Waals surface area contributed by atoms with Crippen molar-refractivity contribution >= 4 is 5.97 Å². The summed E-state index contributed by atoms with van der Waals surface area (Å²) in [6, 6.07) is 4.42. The van der Waals surface area contributed by atoms with Crippen LogP contribution in [-0.2, 0) is 10.3 Å². The Labute approximate surface area is 87.0 Å². The first kappa shape index (κ1) is 10.1. The lowest BCUT2D eigenvalue weighted by Gasteiger charge is -2.10. The molecule has 0 heterocycles. The lowest BCUT2D eigenvalue weighted by Crippen LogP contribution is -2.19. The topological polar surface area (TPSA) is 52.3 Å². The summed E-state index contributed by atoms with van der Waals surface area (Å²) < 4.78 is 17.9. The highest BCUT2D eigenvalue weighted by Crippen LogP contribution is 2.42. The van der Waals surface area contributed by atoms with Gasteiger partial charge in [0.2, 0.25) is 0 Å². The average molecular weight is 209 g/mol. The van der Waals surface area contributed by atoms with Crippen molar-refractivity contribution in [2.75, 3.05) is 7.11 Å². The molecule has 80 valence electrons. The van der Waals surface area contributed by atoms with Crippen molar-refractivity contribution in [3.8, 4) is 0 Å². The van der Waals surface area contributed by atoms with Gasteiger partial charge in [0.25, 0.3) is 0 Å². The van der Waals surface area contributed by atoms with Crippen LogP contribution in [0.15, 0.2) is 18.2 Å². The van der Waals surface area contributed by atoms with Crippen LogP contribution in [0.25, 0.3) is 0 Å². The largest absolute Gasteiger partial charge is 0.465 e. The van der Waals surface area contributed by atoms with E-state index in [1.807, 2.05) is 0 Å². The number of benzene rings is 1. The molecule has 0 spiro atoms. The number of hydrogen-bond acceptors (Lipinski definition) is 3. The van der Waals surface area contributed by atoms with Crippen molar-refractivity contribution in [3.63, 3.8) is 0 Å². The van der Waals surface area contributed by atoms with Crippen molar-refractivity contribution in [1.82, 2.24) is 0 Å². The Balaban J connectivity index is 2.35. The van der Waals surface area contributed by atoms with Crippen molar-refractivity contribution in [1.29, 1.82) is 0 Å². The average Bonchev–Trinajstić information content (AvgIpc) is 2.96. The van der Waals surface area contributed by atoms with Crippen molar-refractivity contribution in [2.45, 2.75) is 18.4 Å². The predicted molar refractivity (Wildman–Crippen MR) is 52.8 cm³/mol. The third-order valence-corrected chi connectivity index (χ3v) is 2.74. The van der Waals surface area contributed by atoms with Gasteiger partial charge in [-0.2, -0.15) is 0 Å². The normalized spacial score (nSPS) is 17.3. The van der Waals surface area contributed by atoms with Gasteiger partial charge in [-0.25, -0.2) is 9.18 Å². The van der Waals surface area contributed by atoms with E-state index >= 15 is 0 Å². The highest BCUT2D eigenvalue weighted by Gasteiger charge is 2.40. The number of carbonyl (C=O) groups excluding carboxylic acids is 1. The van der Waals surface area contributed by atoms with Gasteiger partial charge in [0.05, 0.1) is 12.7 Å². The van der Waals surface area contributed by atoms with Crippen LogP contribution in [0.1, 0.15) is 28.8 Å². The summed E-state index contributed by atoms with van der Waals surface area (Å²) in [6.45, 7) is 0. The molecule has 1 aliphatic rings. The van der Waals surface area contributed by atoms with E-state index in [-0.39, 0.29) is 11.1 Å². The van der Waals surface area contributed by atoms with E-state index in [9.17, 15) is 9.18 Å². The van der Waals surface area contributed by atoms with Crippen LogP contribution in [0.3, 0.4) is 0 Å². The van der Waals surface area contributed by atoms with Crippen LogP contribution >= 0.6 is 0 Å². The number of ether oxygens (including phenoxy) is 1. The Hall–Kier alpha value is -1.42. The van der Waals surface area contributed by atoms with Crippen LogP contribution in [0.4, 0.5) is 4.39 Å². The molecule has 0 bridgehead atoms. The van der Waals surface area contributed by atoms with Crippen LogP contribution in [0.2, 0.25) is 0 Å². The van der Waals surface area contributed by atoms with Crippen molar-refractivity contribution in [2.24, 2.45) is 5.73 Å². The number of hydrogen-bond donors (Lipinski definition) is 1. The monoisotopic (exact) mass is 209 g/mol. The van der Waals surface area contributed by atoms with Crippen molar-refractivity contribution < 1.29 is 13.9 Å². The Morgan fingerprint density at radius 1 is 1.53 bits per heavy atom. The molecule has 0 aliphatic heterocycles. The molecule has 2 rings (SSSR count). The minimum Gasteiger partial charge on any atom is -0.465 e. The second-order valence-corrected chi connectivity index (χ2v) is 3.84. The van der Waals surface area contributed by atoms with E-state index < -0.39 is 11.8 Å². The lowest BCUT2D eigenvalue weighted by molar-refractivity contribution is 0.0595. The highest BCUT2D eigenvalue weighted by molar-refractivity contribution is 5.89. The summed E-state index contributed by atoms with van der Waals surface area (Å²) in [7, 11) is 1.22. The zero-order valence-electron chi connectivity index (χ0n) is 8.42. The van der Waals surface area contributed by atoms with Gasteiger partial charge in [0, 0.05) is 5.54 Å². The molecule has 0 saturated heterocycles. The quantitative estimate of drug-likeness (QED) is 0.752. The van der Waals surface area contributed by atoms with Gasteiger partial charge < -0.3 is 10.5 Å². The molecule has 1 aromatic carbocycles. The summed E-state index contributed by atoms with van der Waals surface area (Å²) in [5.41, 5.74) is 6.23. The molecule has 2 N–H and O–H groups in total. The molecule has 0 radical (unpaired) electrons. The number of nitrogens with two attached hydrogens (primary N) is 1. The Kier molecular flexibility index (Phi) is 2.23.